The fraction of sp³-hybridized carbons (Fsp3) is 0.174. The molecule has 0 aromatic heterocycles. The molecule has 0 radical (unpaired) electrons. The summed E-state index contributed by atoms with van der Waals surface area (Å²) in [6.45, 7) is 4.74. The lowest BCUT2D eigenvalue weighted by Crippen LogP contribution is -2.33. The van der Waals surface area contributed by atoms with Crippen molar-refractivity contribution in [1.82, 2.24) is 0 Å². The Morgan fingerprint density at radius 2 is 0.812 bits per heavy atom. The van der Waals surface area contributed by atoms with Gasteiger partial charge in [0.1, 0.15) is 0 Å². The minimum Gasteiger partial charge on any atom is -0.338 e. The van der Waals surface area contributed by atoms with Crippen LogP contribution in [0.25, 0.3) is 43.8 Å². The van der Waals surface area contributed by atoms with Gasteiger partial charge in [-0.3, -0.25) is 0 Å². The maximum absolute atomic E-state index is 2.57. The molecule has 9 rings (SSSR count). The number of para-hydroxylation sites is 2. The fourth-order valence-electron chi connectivity index (χ4n) is 8.50. The molecule has 0 bridgehead atoms. The van der Waals surface area contributed by atoms with Gasteiger partial charge in [0.25, 0.3) is 0 Å². The van der Waals surface area contributed by atoms with Gasteiger partial charge in [-0.2, -0.15) is 0 Å². The Kier molecular flexibility index (Phi) is 7.04. The third kappa shape index (κ3) is 4.70. The summed E-state index contributed by atoms with van der Waals surface area (Å²) in [6.07, 6.45) is 4.55. The van der Waals surface area contributed by atoms with Crippen LogP contribution in [0.1, 0.15) is 37.8 Å². The molecule has 0 aliphatic carbocycles. The predicted molar refractivity (Wildman–Crippen MR) is 205 cm³/mol. The van der Waals surface area contributed by atoms with E-state index >= 15 is 0 Å². The van der Waals surface area contributed by atoms with Crippen LogP contribution in [0.3, 0.4) is 0 Å². The number of nitrogens with zero attached hydrogens (tertiary/aromatic N) is 2. The van der Waals surface area contributed by atoms with Gasteiger partial charge in [0.15, 0.2) is 0 Å². The summed E-state index contributed by atoms with van der Waals surface area (Å²) in [6, 6.07) is 55.2. The monoisotopic (exact) mass is 620 g/mol. The summed E-state index contributed by atoms with van der Waals surface area (Å²) in [5.74, 6) is 0. The molecule has 0 spiro atoms. The number of fused-ring (bicyclic) bond motifs is 4. The summed E-state index contributed by atoms with van der Waals surface area (Å²) < 4.78 is 0. The standard InChI is InChI=1S/C46H40N2/c1-31-21-23-33-13-9-11-19-43(33)47(31)37-25-27-39-41(29-37)45(35-15-5-3-6-16-35)40-28-26-38(30-42(40)46(39)36-17-7-4-8-18-36)48-32(2)22-24-34-14-10-12-20-44(34)48/h3-20,25-32H,21-24H2,1-2H3. The molecular formula is C46H40N2. The van der Waals surface area contributed by atoms with E-state index in [9.17, 15) is 0 Å². The molecule has 2 unspecified atom stereocenters. The molecular weight excluding hydrogens is 581 g/mol. The fourth-order valence-corrected chi connectivity index (χ4v) is 8.50. The van der Waals surface area contributed by atoms with Gasteiger partial charge in [0.2, 0.25) is 0 Å². The Morgan fingerprint density at radius 1 is 0.417 bits per heavy atom. The van der Waals surface area contributed by atoms with Crippen molar-refractivity contribution in [2.45, 2.75) is 51.6 Å². The molecule has 234 valence electrons. The Bertz CT molecular complexity index is 2120. The minimum atomic E-state index is 0.420. The maximum atomic E-state index is 2.57. The van der Waals surface area contributed by atoms with Crippen LogP contribution in [0.4, 0.5) is 22.7 Å². The maximum Gasteiger partial charge on any atom is 0.0445 e. The van der Waals surface area contributed by atoms with Gasteiger partial charge < -0.3 is 9.80 Å². The van der Waals surface area contributed by atoms with E-state index in [0.29, 0.717) is 12.1 Å². The van der Waals surface area contributed by atoms with Gasteiger partial charge >= 0.3 is 0 Å². The molecule has 0 amide bonds. The molecule has 2 heteroatoms. The number of anilines is 4. The highest BCUT2D eigenvalue weighted by Gasteiger charge is 2.27. The second kappa shape index (κ2) is 11.7. The van der Waals surface area contributed by atoms with E-state index in [4.69, 9.17) is 0 Å². The quantitative estimate of drug-likeness (QED) is 0.181. The third-order valence-electron chi connectivity index (χ3n) is 10.8. The van der Waals surface area contributed by atoms with E-state index in [1.165, 1.54) is 77.7 Å². The van der Waals surface area contributed by atoms with Gasteiger partial charge in [-0.25, -0.2) is 0 Å². The molecule has 7 aromatic carbocycles. The van der Waals surface area contributed by atoms with Crippen molar-refractivity contribution in [3.63, 3.8) is 0 Å². The first-order chi connectivity index (χ1) is 23.7. The Hall–Kier alpha value is -5.34. The number of hydrogen-bond acceptors (Lipinski definition) is 2. The summed E-state index contributed by atoms with van der Waals surface area (Å²) in [7, 11) is 0. The van der Waals surface area contributed by atoms with Crippen molar-refractivity contribution in [3.8, 4) is 22.3 Å². The first kappa shape index (κ1) is 28.8. The van der Waals surface area contributed by atoms with Gasteiger partial charge in [-0.05, 0) is 131 Å². The molecule has 0 saturated carbocycles. The molecule has 2 aliphatic heterocycles. The van der Waals surface area contributed by atoms with Crippen LogP contribution in [0.15, 0.2) is 146 Å². The minimum absolute atomic E-state index is 0.420. The van der Waals surface area contributed by atoms with Crippen LogP contribution in [0.2, 0.25) is 0 Å². The normalized spacial score (nSPS) is 17.4. The molecule has 2 aliphatic rings. The summed E-state index contributed by atoms with van der Waals surface area (Å²) in [4.78, 5) is 5.13. The van der Waals surface area contributed by atoms with E-state index in [0.717, 1.165) is 25.7 Å². The van der Waals surface area contributed by atoms with Crippen molar-refractivity contribution in [1.29, 1.82) is 0 Å². The molecule has 0 N–H and O–H groups in total. The first-order valence-corrected chi connectivity index (χ1v) is 17.5. The molecule has 2 heterocycles. The SMILES string of the molecule is CC1CCc2ccccc2N1c1ccc2c(-c3ccccc3)c3cc(N4c5ccccc5CCC4C)ccc3c(-c3ccccc3)c2c1. The van der Waals surface area contributed by atoms with Crippen LogP contribution in [-0.4, -0.2) is 12.1 Å². The predicted octanol–water partition coefficient (Wildman–Crippen LogP) is 12.3. The van der Waals surface area contributed by atoms with Gasteiger partial charge in [-0.15, -0.1) is 0 Å². The van der Waals surface area contributed by atoms with Crippen molar-refractivity contribution in [2.24, 2.45) is 0 Å². The largest absolute Gasteiger partial charge is 0.338 e. The van der Waals surface area contributed by atoms with Crippen molar-refractivity contribution >= 4 is 44.3 Å². The number of hydrogen-bond donors (Lipinski definition) is 0. The lowest BCUT2D eigenvalue weighted by molar-refractivity contribution is 0.618. The number of rotatable bonds is 4. The van der Waals surface area contributed by atoms with Gasteiger partial charge in [-0.1, -0.05) is 109 Å². The zero-order valence-corrected chi connectivity index (χ0v) is 27.7. The van der Waals surface area contributed by atoms with E-state index in [2.05, 4.69) is 169 Å². The molecule has 2 nitrogen and oxygen atoms in total. The molecule has 0 fully saturated rings. The average Bonchev–Trinajstić information content (AvgIpc) is 3.14. The second-order valence-electron chi connectivity index (χ2n) is 13.7. The Balaban J connectivity index is 1.36. The molecule has 0 saturated heterocycles. The lowest BCUT2D eigenvalue weighted by Gasteiger charge is -2.38. The molecule has 48 heavy (non-hydrogen) atoms. The van der Waals surface area contributed by atoms with Crippen LogP contribution in [0, 0.1) is 0 Å². The van der Waals surface area contributed by atoms with Gasteiger partial charge in [0, 0.05) is 34.8 Å². The first-order valence-electron chi connectivity index (χ1n) is 17.5. The Labute approximate surface area is 283 Å². The zero-order valence-electron chi connectivity index (χ0n) is 27.7. The van der Waals surface area contributed by atoms with Crippen molar-refractivity contribution in [3.05, 3.63) is 157 Å². The second-order valence-corrected chi connectivity index (χ2v) is 13.7. The van der Waals surface area contributed by atoms with Crippen LogP contribution in [0.5, 0.6) is 0 Å². The van der Waals surface area contributed by atoms with Crippen molar-refractivity contribution in [2.75, 3.05) is 9.80 Å². The molecule has 7 aromatic rings. The highest BCUT2D eigenvalue weighted by Crippen LogP contribution is 2.48. The summed E-state index contributed by atoms with van der Waals surface area (Å²) >= 11 is 0. The third-order valence-corrected chi connectivity index (χ3v) is 10.8. The van der Waals surface area contributed by atoms with E-state index in [1.54, 1.807) is 0 Å². The highest BCUT2D eigenvalue weighted by molar-refractivity contribution is 6.22. The number of benzene rings is 7. The van der Waals surface area contributed by atoms with E-state index in [1.807, 2.05) is 0 Å². The van der Waals surface area contributed by atoms with E-state index in [-0.39, 0.29) is 0 Å². The van der Waals surface area contributed by atoms with Gasteiger partial charge in [0.05, 0.1) is 0 Å². The number of aryl methyl sites for hydroxylation is 2. The highest BCUT2D eigenvalue weighted by atomic mass is 15.2. The smallest absolute Gasteiger partial charge is 0.0445 e. The Morgan fingerprint density at radius 3 is 1.25 bits per heavy atom. The summed E-state index contributed by atoms with van der Waals surface area (Å²) in [5.41, 5.74) is 13.2. The van der Waals surface area contributed by atoms with E-state index < -0.39 is 0 Å². The zero-order chi connectivity index (χ0) is 32.2. The van der Waals surface area contributed by atoms with Crippen LogP contribution >= 0.6 is 0 Å². The summed E-state index contributed by atoms with van der Waals surface area (Å²) in [5, 5.41) is 5.17. The molecule has 2 atom stereocenters. The lowest BCUT2D eigenvalue weighted by atomic mass is 9.85. The average molecular weight is 621 g/mol. The van der Waals surface area contributed by atoms with Crippen LogP contribution in [-0.2, 0) is 12.8 Å². The van der Waals surface area contributed by atoms with Crippen molar-refractivity contribution < 1.29 is 0 Å². The van der Waals surface area contributed by atoms with Crippen LogP contribution < -0.4 is 9.80 Å². The topological polar surface area (TPSA) is 6.48 Å².